The predicted molar refractivity (Wildman–Crippen MR) is 119 cm³/mol. The van der Waals surface area contributed by atoms with Gasteiger partial charge in [-0.1, -0.05) is 0 Å². The van der Waals surface area contributed by atoms with E-state index in [0.29, 0.717) is 34.9 Å². The standard InChI is InChI=1S/C24H28N2O4S/c1-30-21-6-2-20(3-7-21)26-31(28,29)22-8-4-19(5-9-22)25-23(27)24-13-16-10-17(14-24)12-18(11-16)15-24/h2-9,16-18,26H,10-15H2,1H3,(H,25,27). The molecule has 7 heteroatoms. The smallest absolute Gasteiger partial charge is 0.261 e. The second-order valence-corrected chi connectivity index (χ2v) is 11.2. The molecule has 2 aromatic carbocycles. The molecule has 4 bridgehead atoms. The van der Waals surface area contributed by atoms with Crippen molar-refractivity contribution in [3.8, 4) is 5.75 Å². The van der Waals surface area contributed by atoms with E-state index in [1.165, 1.54) is 31.4 Å². The monoisotopic (exact) mass is 440 g/mol. The zero-order valence-electron chi connectivity index (χ0n) is 17.6. The fourth-order valence-electron chi connectivity index (χ4n) is 6.24. The van der Waals surface area contributed by atoms with E-state index in [0.717, 1.165) is 19.3 Å². The summed E-state index contributed by atoms with van der Waals surface area (Å²) in [5.41, 5.74) is 0.874. The Morgan fingerprint density at radius 3 is 1.90 bits per heavy atom. The highest BCUT2D eigenvalue weighted by Gasteiger charge is 2.54. The second kappa shape index (κ2) is 7.55. The van der Waals surface area contributed by atoms with Gasteiger partial charge in [0.2, 0.25) is 5.91 Å². The van der Waals surface area contributed by atoms with Crippen LogP contribution in [-0.2, 0) is 14.8 Å². The highest BCUT2D eigenvalue weighted by atomic mass is 32.2. The molecule has 0 saturated heterocycles. The van der Waals surface area contributed by atoms with Crippen molar-refractivity contribution < 1.29 is 17.9 Å². The minimum absolute atomic E-state index is 0.110. The van der Waals surface area contributed by atoms with Crippen molar-refractivity contribution in [2.75, 3.05) is 17.1 Å². The average molecular weight is 441 g/mol. The molecule has 0 radical (unpaired) electrons. The molecule has 4 aliphatic carbocycles. The van der Waals surface area contributed by atoms with Gasteiger partial charge in [-0.15, -0.1) is 0 Å². The molecule has 6 nitrogen and oxygen atoms in total. The number of sulfonamides is 1. The van der Waals surface area contributed by atoms with E-state index in [4.69, 9.17) is 4.74 Å². The summed E-state index contributed by atoms with van der Waals surface area (Å²) >= 11 is 0. The van der Waals surface area contributed by atoms with E-state index in [9.17, 15) is 13.2 Å². The Morgan fingerprint density at radius 1 is 0.871 bits per heavy atom. The number of methoxy groups -OCH3 is 1. The Labute approximate surface area is 183 Å². The molecule has 1 amide bonds. The molecule has 0 heterocycles. The second-order valence-electron chi connectivity index (χ2n) is 9.51. The van der Waals surface area contributed by atoms with Crippen molar-refractivity contribution in [2.24, 2.45) is 23.2 Å². The number of benzene rings is 2. The lowest BCUT2D eigenvalue weighted by atomic mass is 9.49. The third kappa shape index (κ3) is 3.91. The first-order valence-electron chi connectivity index (χ1n) is 10.9. The first-order chi connectivity index (χ1) is 14.8. The number of amides is 1. The molecule has 164 valence electrons. The molecule has 2 aromatic rings. The lowest BCUT2D eigenvalue weighted by Crippen LogP contribution is -2.51. The molecule has 0 spiro atoms. The average Bonchev–Trinajstić information content (AvgIpc) is 2.73. The van der Waals surface area contributed by atoms with Crippen LogP contribution in [0.3, 0.4) is 0 Å². The van der Waals surface area contributed by atoms with Crippen LogP contribution in [0.25, 0.3) is 0 Å². The van der Waals surface area contributed by atoms with Crippen molar-refractivity contribution in [3.05, 3.63) is 48.5 Å². The Bertz CT molecular complexity index is 1040. The number of carbonyl (C=O) groups is 1. The molecule has 0 atom stereocenters. The molecular weight excluding hydrogens is 412 g/mol. The number of anilines is 2. The zero-order valence-corrected chi connectivity index (χ0v) is 18.5. The summed E-state index contributed by atoms with van der Waals surface area (Å²) in [6, 6.07) is 13.1. The molecule has 31 heavy (non-hydrogen) atoms. The van der Waals surface area contributed by atoms with Gasteiger partial charge in [0, 0.05) is 11.4 Å². The van der Waals surface area contributed by atoms with Gasteiger partial charge in [-0.3, -0.25) is 9.52 Å². The number of nitrogens with one attached hydrogen (secondary N) is 2. The highest BCUT2D eigenvalue weighted by molar-refractivity contribution is 7.92. The van der Waals surface area contributed by atoms with Gasteiger partial charge >= 0.3 is 0 Å². The first kappa shape index (κ1) is 20.4. The summed E-state index contributed by atoms with van der Waals surface area (Å²) in [4.78, 5) is 13.3. The summed E-state index contributed by atoms with van der Waals surface area (Å²) in [5.74, 6) is 2.87. The van der Waals surface area contributed by atoms with Crippen LogP contribution in [-0.4, -0.2) is 21.4 Å². The van der Waals surface area contributed by atoms with E-state index in [-0.39, 0.29) is 16.2 Å². The maximum Gasteiger partial charge on any atom is 0.261 e. The fraction of sp³-hybridized carbons (Fsp3) is 0.458. The number of hydrogen-bond acceptors (Lipinski definition) is 4. The van der Waals surface area contributed by atoms with Crippen LogP contribution in [0.5, 0.6) is 5.75 Å². The van der Waals surface area contributed by atoms with Gasteiger partial charge < -0.3 is 10.1 Å². The van der Waals surface area contributed by atoms with Gasteiger partial charge in [0.05, 0.1) is 17.4 Å². The SMILES string of the molecule is COc1ccc(NS(=O)(=O)c2ccc(NC(=O)C34CC5CC(CC(C5)C3)C4)cc2)cc1. The van der Waals surface area contributed by atoms with Gasteiger partial charge in [-0.2, -0.15) is 0 Å². The summed E-state index contributed by atoms with van der Waals surface area (Å²) in [6.07, 6.45) is 6.88. The van der Waals surface area contributed by atoms with Crippen LogP contribution >= 0.6 is 0 Å². The molecule has 4 fully saturated rings. The van der Waals surface area contributed by atoms with Crippen LogP contribution in [0.2, 0.25) is 0 Å². The minimum atomic E-state index is -3.72. The fourth-order valence-corrected chi connectivity index (χ4v) is 7.30. The van der Waals surface area contributed by atoms with Crippen LogP contribution in [0, 0.1) is 23.2 Å². The van der Waals surface area contributed by atoms with Crippen molar-refractivity contribution in [2.45, 2.75) is 43.4 Å². The summed E-state index contributed by atoms with van der Waals surface area (Å²) in [7, 11) is -2.16. The van der Waals surface area contributed by atoms with Crippen molar-refractivity contribution >= 4 is 27.3 Å². The van der Waals surface area contributed by atoms with Crippen LogP contribution in [0.1, 0.15) is 38.5 Å². The van der Waals surface area contributed by atoms with Gasteiger partial charge in [-0.05, 0) is 105 Å². The molecule has 0 aromatic heterocycles. The quantitative estimate of drug-likeness (QED) is 0.685. The molecule has 0 unspecified atom stereocenters. The molecule has 6 rings (SSSR count). The van der Waals surface area contributed by atoms with Crippen LogP contribution < -0.4 is 14.8 Å². The number of carbonyl (C=O) groups excluding carboxylic acids is 1. The lowest BCUT2D eigenvalue weighted by Gasteiger charge is -2.55. The molecule has 0 aliphatic heterocycles. The van der Waals surface area contributed by atoms with Gasteiger partial charge in [-0.25, -0.2) is 8.42 Å². The predicted octanol–water partition coefficient (Wildman–Crippen LogP) is 4.65. The third-order valence-corrected chi connectivity index (χ3v) is 8.68. The van der Waals surface area contributed by atoms with Gasteiger partial charge in [0.1, 0.15) is 5.75 Å². The van der Waals surface area contributed by atoms with Crippen molar-refractivity contribution in [3.63, 3.8) is 0 Å². The lowest BCUT2D eigenvalue weighted by molar-refractivity contribution is -0.140. The number of hydrogen-bond donors (Lipinski definition) is 2. The summed E-state index contributed by atoms with van der Waals surface area (Å²) < 4.78 is 33.0. The third-order valence-electron chi connectivity index (χ3n) is 7.28. The Kier molecular flexibility index (Phi) is 4.96. The zero-order chi connectivity index (χ0) is 21.6. The molecule has 2 N–H and O–H groups in total. The summed E-state index contributed by atoms with van der Waals surface area (Å²) in [6.45, 7) is 0. The van der Waals surface area contributed by atoms with E-state index < -0.39 is 10.0 Å². The number of rotatable bonds is 6. The maximum absolute atomic E-state index is 13.2. The maximum atomic E-state index is 13.2. The highest BCUT2D eigenvalue weighted by Crippen LogP contribution is 2.60. The normalized spacial score (nSPS) is 28.9. The van der Waals surface area contributed by atoms with Crippen molar-refractivity contribution in [1.82, 2.24) is 0 Å². The Morgan fingerprint density at radius 2 is 1.39 bits per heavy atom. The minimum Gasteiger partial charge on any atom is -0.497 e. The van der Waals surface area contributed by atoms with E-state index >= 15 is 0 Å². The van der Waals surface area contributed by atoms with Crippen LogP contribution in [0.4, 0.5) is 11.4 Å². The van der Waals surface area contributed by atoms with Gasteiger partial charge in [0.15, 0.2) is 0 Å². The van der Waals surface area contributed by atoms with E-state index in [2.05, 4.69) is 10.0 Å². The van der Waals surface area contributed by atoms with Crippen molar-refractivity contribution in [1.29, 1.82) is 0 Å². The largest absolute Gasteiger partial charge is 0.497 e. The molecule has 4 aliphatic rings. The van der Waals surface area contributed by atoms with E-state index in [1.807, 2.05) is 0 Å². The van der Waals surface area contributed by atoms with Crippen LogP contribution in [0.15, 0.2) is 53.4 Å². The van der Waals surface area contributed by atoms with Gasteiger partial charge in [0.25, 0.3) is 10.0 Å². The topological polar surface area (TPSA) is 84.5 Å². The Hall–Kier alpha value is -2.54. The first-order valence-corrected chi connectivity index (χ1v) is 12.4. The Balaban J connectivity index is 1.27. The van der Waals surface area contributed by atoms with E-state index in [1.54, 1.807) is 43.5 Å². The molecular formula is C24H28N2O4S. The molecule has 4 saturated carbocycles. The summed E-state index contributed by atoms with van der Waals surface area (Å²) in [5, 5.41) is 3.07. The number of ether oxygens (including phenoxy) is 1.